The van der Waals surface area contributed by atoms with Gasteiger partial charge in [-0.3, -0.25) is 0 Å². The third-order valence-corrected chi connectivity index (χ3v) is 3.01. The average molecular weight is 223 g/mol. The zero-order valence-corrected chi connectivity index (χ0v) is 10.6. The summed E-state index contributed by atoms with van der Waals surface area (Å²) in [5, 5.41) is 13.2. The Bertz CT molecular complexity index is 380. The van der Waals surface area contributed by atoms with Crippen LogP contribution in [0.15, 0.2) is 12.3 Å². The van der Waals surface area contributed by atoms with Gasteiger partial charge in [0.15, 0.2) is 0 Å². The normalized spacial score (nSPS) is 12.6. The summed E-state index contributed by atoms with van der Waals surface area (Å²) in [5.41, 5.74) is 6.10. The molecule has 0 atom stereocenters. The first-order valence-corrected chi connectivity index (χ1v) is 5.36. The van der Waals surface area contributed by atoms with E-state index >= 15 is 0 Å². The van der Waals surface area contributed by atoms with Gasteiger partial charge in [0.1, 0.15) is 5.82 Å². The van der Waals surface area contributed by atoms with E-state index in [1.165, 1.54) is 0 Å². The number of hydrogen-bond acceptors (Lipinski definition) is 4. The number of nitrogens with one attached hydrogen (secondary N) is 1. The van der Waals surface area contributed by atoms with Gasteiger partial charge in [0.05, 0.1) is 16.8 Å². The van der Waals surface area contributed by atoms with E-state index in [0.29, 0.717) is 11.5 Å². The zero-order chi connectivity index (χ0) is 12.6. The van der Waals surface area contributed by atoms with E-state index in [9.17, 15) is 5.11 Å². The smallest absolute Gasteiger partial charge is 0.149 e. The van der Waals surface area contributed by atoms with Gasteiger partial charge in [0, 0.05) is 6.20 Å². The molecule has 0 aliphatic rings. The molecule has 1 rings (SSSR count). The number of pyridine rings is 1. The SMILES string of the molecule is Cc1cnc(NC(C)(C)C(C)(C)O)c(N)c1. The summed E-state index contributed by atoms with van der Waals surface area (Å²) in [6.07, 6.45) is 1.75. The summed E-state index contributed by atoms with van der Waals surface area (Å²) >= 11 is 0. The highest BCUT2D eigenvalue weighted by Gasteiger charge is 2.35. The molecule has 0 bridgehead atoms. The molecule has 0 aliphatic carbocycles. The van der Waals surface area contributed by atoms with E-state index in [1.807, 2.05) is 26.8 Å². The van der Waals surface area contributed by atoms with Gasteiger partial charge in [-0.15, -0.1) is 0 Å². The Kier molecular flexibility index (Phi) is 3.15. The first-order valence-electron chi connectivity index (χ1n) is 5.36. The number of aromatic nitrogens is 1. The minimum atomic E-state index is -0.869. The lowest BCUT2D eigenvalue weighted by molar-refractivity contribution is 0.0239. The maximum Gasteiger partial charge on any atom is 0.149 e. The molecule has 4 heteroatoms. The molecule has 0 unspecified atom stereocenters. The first-order chi connectivity index (χ1) is 7.13. The Morgan fingerprint density at radius 1 is 1.31 bits per heavy atom. The van der Waals surface area contributed by atoms with Gasteiger partial charge >= 0.3 is 0 Å². The van der Waals surface area contributed by atoms with Crippen LogP contribution in [0.5, 0.6) is 0 Å². The lowest BCUT2D eigenvalue weighted by atomic mass is 9.86. The Hall–Kier alpha value is -1.29. The highest BCUT2D eigenvalue weighted by molar-refractivity contribution is 5.62. The van der Waals surface area contributed by atoms with Crippen LogP contribution in [0.4, 0.5) is 11.5 Å². The van der Waals surface area contributed by atoms with E-state index in [1.54, 1.807) is 20.0 Å². The van der Waals surface area contributed by atoms with Crippen molar-refractivity contribution < 1.29 is 5.11 Å². The number of nitrogens with two attached hydrogens (primary N) is 1. The molecule has 4 nitrogen and oxygen atoms in total. The fraction of sp³-hybridized carbons (Fsp3) is 0.583. The van der Waals surface area contributed by atoms with Gasteiger partial charge in [-0.2, -0.15) is 0 Å². The summed E-state index contributed by atoms with van der Waals surface area (Å²) in [4.78, 5) is 4.23. The standard InChI is InChI=1S/C12H21N3O/c1-8-6-9(13)10(14-7-8)15-11(2,3)12(4,5)16/h6-7,16H,13H2,1-5H3,(H,14,15). The maximum absolute atomic E-state index is 10.0. The number of anilines is 2. The Morgan fingerprint density at radius 3 is 2.31 bits per heavy atom. The number of aliphatic hydroxyl groups is 1. The highest BCUT2D eigenvalue weighted by atomic mass is 16.3. The lowest BCUT2D eigenvalue weighted by Crippen LogP contribution is -2.51. The quantitative estimate of drug-likeness (QED) is 0.732. The van der Waals surface area contributed by atoms with Gasteiger partial charge in [-0.1, -0.05) is 0 Å². The zero-order valence-electron chi connectivity index (χ0n) is 10.6. The van der Waals surface area contributed by atoms with E-state index < -0.39 is 11.1 Å². The van der Waals surface area contributed by atoms with Crippen LogP contribution >= 0.6 is 0 Å². The molecular weight excluding hydrogens is 202 g/mol. The topological polar surface area (TPSA) is 71.2 Å². The Morgan fingerprint density at radius 2 is 1.88 bits per heavy atom. The minimum absolute atomic E-state index is 0.511. The fourth-order valence-corrected chi connectivity index (χ4v) is 1.15. The second kappa shape index (κ2) is 3.94. The van der Waals surface area contributed by atoms with Crippen molar-refractivity contribution in [2.24, 2.45) is 0 Å². The molecule has 0 saturated heterocycles. The summed E-state index contributed by atoms with van der Waals surface area (Å²) in [6.45, 7) is 9.27. The van der Waals surface area contributed by atoms with E-state index in [2.05, 4.69) is 10.3 Å². The van der Waals surface area contributed by atoms with E-state index in [-0.39, 0.29) is 0 Å². The van der Waals surface area contributed by atoms with Crippen molar-refractivity contribution in [1.82, 2.24) is 4.98 Å². The van der Waals surface area contributed by atoms with Crippen molar-refractivity contribution >= 4 is 11.5 Å². The first kappa shape index (κ1) is 12.8. The van der Waals surface area contributed by atoms with Crippen LogP contribution in [0.2, 0.25) is 0 Å². The van der Waals surface area contributed by atoms with Crippen molar-refractivity contribution in [2.75, 3.05) is 11.1 Å². The minimum Gasteiger partial charge on any atom is -0.396 e. The molecule has 0 saturated carbocycles. The number of nitrogens with zero attached hydrogens (tertiary/aromatic N) is 1. The molecule has 4 N–H and O–H groups in total. The summed E-state index contributed by atoms with van der Waals surface area (Å²) in [7, 11) is 0. The van der Waals surface area contributed by atoms with Crippen LogP contribution in [0.3, 0.4) is 0 Å². The number of nitrogen functional groups attached to an aromatic ring is 1. The summed E-state index contributed by atoms with van der Waals surface area (Å²) in [6, 6.07) is 1.86. The van der Waals surface area contributed by atoms with Gasteiger partial charge < -0.3 is 16.2 Å². The van der Waals surface area contributed by atoms with Gasteiger partial charge in [0.25, 0.3) is 0 Å². The van der Waals surface area contributed by atoms with Crippen LogP contribution in [-0.4, -0.2) is 21.2 Å². The molecule has 0 radical (unpaired) electrons. The van der Waals surface area contributed by atoms with E-state index in [0.717, 1.165) is 5.56 Å². The molecule has 16 heavy (non-hydrogen) atoms. The van der Waals surface area contributed by atoms with Crippen molar-refractivity contribution in [2.45, 2.75) is 45.8 Å². The van der Waals surface area contributed by atoms with Crippen LogP contribution in [0, 0.1) is 6.92 Å². The molecule has 1 aromatic rings. The van der Waals surface area contributed by atoms with Gasteiger partial charge in [-0.25, -0.2) is 4.98 Å². The largest absolute Gasteiger partial charge is 0.396 e. The van der Waals surface area contributed by atoms with Crippen molar-refractivity contribution in [1.29, 1.82) is 0 Å². The number of hydrogen-bond donors (Lipinski definition) is 3. The van der Waals surface area contributed by atoms with E-state index in [4.69, 9.17) is 5.73 Å². The van der Waals surface area contributed by atoms with Crippen LogP contribution in [0.1, 0.15) is 33.3 Å². The lowest BCUT2D eigenvalue weighted by Gasteiger charge is -2.38. The Balaban J connectivity index is 2.97. The van der Waals surface area contributed by atoms with Crippen molar-refractivity contribution in [3.63, 3.8) is 0 Å². The molecular formula is C12H21N3O. The fourth-order valence-electron chi connectivity index (χ4n) is 1.15. The summed E-state index contributed by atoms with van der Waals surface area (Å²) < 4.78 is 0. The van der Waals surface area contributed by atoms with Crippen LogP contribution in [0.25, 0.3) is 0 Å². The molecule has 0 spiro atoms. The second-order valence-electron chi connectivity index (χ2n) is 5.26. The predicted octanol–water partition coefficient (Wildman–Crippen LogP) is 1.93. The molecule has 0 amide bonds. The third kappa shape index (κ3) is 2.64. The third-order valence-electron chi connectivity index (χ3n) is 3.01. The second-order valence-corrected chi connectivity index (χ2v) is 5.26. The average Bonchev–Trinajstić information content (AvgIpc) is 2.08. The molecule has 1 heterocycles. The molecule has 0 fully saturated rings. The predicted molar refractivity (Wildman–Crippen MR) is 67.4 cm³/mol. The maximum atomic E-state index is 10.0. The highest BCUT2D eigenvalue weighted by Crippen LogP contribution is 2.27. The van der Waals surface area contributed by atoms with Crippen molar-refractivity contribution in [3.8, 4) is 0 Å². The van der Waals surface area contributed by atoms with Crippen LogP contribution in [-0.2, 0) is 0 Å². The number of aryl methyl sites for hydroxylation is 1. The van der Waals surface area contributed by atoms with Gasteiger partial charge in [0.2, 0.25) is 0 Å². The van der Waals surface area contributed by atoms with Gasteiger partial charge in [-0.05, 0) is 46.2 Å². The molecule has 90 valence electrons. The molecule has 0 aromatic carbocycles. The number of rotatable bonds is 3. The molecule has 0 aliphatic heterocycles. The Labute approximate surface area is 96.9 Å². The van der Waals surface area contributed by atoms with Crippen molar-refractivity contribution in [3.05, 3.63) is 17.8 Å². The molecule has 1 aromatic heterocycles. The monoisotopic (exact) mass is 223 g/mol. The van der Waals surface area contributed by atoms with Crippen LogP contribution < -0.4 is 11.1 Å². The summed E-state index contributed by atoms with van der Waals surface area (Å²) in [5.74, 6) is 0.609.